The lowest BCUT2D eigenvalue weighted by atomic mass is 10.1. The maximum atomic E-state index is 14.4. The van der Waals surface area contributed by atoms with Crippen molar-refractivity contribution < 1.29 is 14.8 Å². The van der Waals surface area contributed by atoms with Crippen molar-refractivity contribution >= 4 is 34.1 Å². The number of rotatable bonds is 2. The minimum atomic E-state index is -0.603. The van der Waals surface area contributed by atoms with E-state index in [-0.39, 0.29) is 17.8 Å². The van der Waals surface area contributed by atoms with Gasteiger partial charge in [-0.05, 0) is 36.6 Å². The lowest BCUT2D eigenvalue weighted by molar-refractivity contribution is -0.0275. The molecule has 1 aliphatic heterocycles. The number of fused-ring (bicyclic) bond motifs is 1. The quantitative estimate of drug-likeness (QED) is 0.364. The molecule has 8 heteroatoms. The van der Waals surface area contributed by atoms with Crippen LogP contribution in [0, 0.1) is 5.82 Å². The first-order valence-corrected chi connectivity index (χ1v) is 9.00. The number of halogens is 2. The van der Waals surface area contributed by atoms with E-state index < -0.39 is 11.9 Å². The second kappa shape index (κ2) is 7.43. The van der Waals surface area contributed by atoms with Crippen molar-refractivity contribution in [2.45, 2.75) is 6.04 Å². The number of hydrogen-bond donors (Lipinski definition) is 2. The molecule has 130 valence electrons. The molecule has 0 spiro atoms. The first kappa shape index (κ1) is 17.7. The van der Waals surface area contributed by atoms with Crippen LogP contribution in [0.5, 0.6) is 0 Å². The normalized spacial score (nSPS) is 17.8. The molecular formula is C17H15ClFN3O2S. The van der Waals surface area contributed by atoms with Gasteiger partial charge in [-0.3, -0.25) is 15.3 Å². The van der Waals surface area contributed by atoms with Crippen molar-refractivity contribution in [1.82, 2.24) is 5.06 Å². The van der Waals surface area contributed by atoms with Crippen LogP contribution in [-0.2, 0) is 0 Å². The highest BCUT2D eigenvalue weighted by molar-refractivity contribution is 8.13. The first-order valence-electron chi connectivity index (χ1n) is 7.40. The maximum Gasteiger partial charge on any atom is 0.139 e. The van der Waals surface area contributed by atoms with Crippen LogP contribution in [0.3, 0.4) is 0 Å². The second-order valence-corrected chi connectivity index (χ2v) is 6.62. The third-order valence-corrected chi connectivity index (χ3v) is 4.84. The van der Waals surface area contributed by atoms with E-state index in [1.807, 2.05) is 0 Å². The summed E-state index contributed by atoms with van der Waals surface area (Å²) in [7, 11) is 0. The highest BCUT2D eigenvalue weighted by Gasteiger charge is 2.25. The van der Waals surface area contributed by atoms with Gasteiger partial charge < -0.3 is 5.21 Å². The third kappa shape index (κ3) is 3.49. The predicted molar refractivity (Wildman–Crippen MR) is 96.2 cm³/mol. The molecule has 0 saturated heterocycles. The molecular weight excluding hydrogens is 365 g/mol. The van der Waals surface area contributed by atoms with E-state index in [1.54, 1.807) is 42.7 Å². The minimum absolute atomic E-state index is 0.0101. The molecule has 5 nitrogen and oxygen atoms in total. The minimum Gasteiger partial charge on any atom is -0.410 e. The van der Waals surface area contributed by atoms with Gasteiger partial charge >= 0.3 is 0 Å². The van der Waals surface area contributed by atoms with E-state index >= 15 is 0 Å². The van der Waals surface area contributed by atoms with Crippen LogP contribution in [0.15, 0.2) is 52.6 Å². The molecule has 1 heterocycles. The molecule has 1 unspecified atom stereocenters. The van der Waals surface area contributed by atoms with E-state index in [2.05, 4.69) is 10.1 Å². The van der Waals surface area contributed by atoms with E-state index in [0.29, 0.717) is 20.6 Å². The van der Waals surface area contributed by atoms with Gasteiger partial charge in [-0.1, -0.05) is 28.9 Å². The van der Waals surface area contributed by atoms with E-state index in [9.17, 15) is 14.8 Å². The molecule has 1 atom stereocenters. The van der Waals surface area contributed by atoms with E-state index in [1.165, 1.54) is 17.8 Å². The Morgan fingerprint density at radius 2 is 2.12 bits per heavy atom. The SMILES string of the molecule is CS/C(=N/O)C1CN(O)C(c2ccccc2F)=c2cc(Cl)ccc2=N1. The zero-order valence-corrected chi connectivity index (χ0v) is 14.8. The number of hydrogen-bond acceptors (Lipinski definition) is 6. The molecule has 0 aliphatic carbocycles. The summed E-state index contributed by atoms with van der Waals surface area (Å²) >= 11 is 7.33. The first-order chi connectivity index (χ1) is 12.0. The van der Waals surface area contributed by atoms with Crippen LogP contribution in [0.1, 0.15) is 5.56 Å². The standard InChI is InChI=1S/C17H15ClFN3O2S/c1-25-17(21-23)15-9-22(24)16(11-4-2-3-5-13(11)19)12-8-10(18)6-7-14(12)20-15/h2-8,15,23-24H,9H2,1H3/b21-17+. The number of benzene rings is 2. The fourth-order valence-corrected chi connectivity index (χ4v) is 3.38. The largest absolute Gasteiger partial charge is 0.410 e. The summed E-state index contributed by atoms with van der Waals surface area (Å²) in [6.45, 7) is 0.0101. The van der Waals surface area contributed by atoms with Crippen LogP contribution in [0.4, 0.5) is 4.39 Å². The number of oxime groups is 1. The lowest BCUT2D eigenvalue weighted by Gasteiger charge is -2.22. The van der Waals surface area contributed by atoms with Gasteiger partial charge in [0.05, 0.1) is 17.6 Å². The molecule has 0 saturated carbocycles. The summed E-state index contributed by atoms with van der Waals surface area (Å²) in [6, 6.07) is 10.6. The Hall–Kier alpha value is -2.09. The van der Waals surface area contributed by atoms with Crippen LogP contribution in [0.25, 0.3) is 5.70 Å². The average Bonchev–Trinajstić information content (AvgIpc) is 2.73. The Kier molecular flexibility index (Phi) is 5.27. The molecule has 2 aromatic rings. The molecule has 1 aliphatic rings. The van der Waals surface area contributed by atoms with Gasteiger partial charge in [-0.15, -0.1) is 11.8 Å². The Balaban J connectivity index is 2.35. The summed E-state index contributed by atoms with van der Waals surface area (Å²) in [5, 5.41) is 25.8. The summed E-state index contributed by atoms with van der Waals surface area (Å²) in [4.78, 5) is 4.56. The summed E-state index contributed by atoms with van der Waals surface area (Å²) < 4.78 is 14.4. The van der Waals surface area contributed by atoms with Crippen molar-refractivity contribution in [2.24, 2.45) is 10.1 Å². The Morgan fingerprint density at radius 3 is 2.80 bits per heavy atom. The van der Waals surface area contributed by atoms with Gasteiger partial charge in [0, 0.05) is 15.8 Å². The number of hydroxylamine groups is 2. The van der Waals surface area contributed by atoms with Gasteiger partial charge in [0.1, 0.15) is 16.9 Å². The van der Waals surface area contributed by atoms with Gasteiger partial charge in [0.2, 0.25) is 0 Å². The lowest BCUT2D eigenvalue weighted by Crippen LogP contribution is -2.33. The smallest absolute Gasteiger partial charge is 0.139 e. The summed E-state index contributed by atoms with van der Waals surface area (Å²) in [6.07, 6.45) is 1.75. The predicted octanol–water partition coefficient (Wildman–Crippen LogP) is 2.48. The second-order valence-electron chi connectivity index (χ2n) is 5.36. The summed E-state index contributed by atoms with van der Waals surface area (Å²) in [5.41, 5.74) is 0.497. The molecule has 3 rings (SSSR count). The topological polar surface area (TPSA) is 68.4 Å². The van der Waals surface area contributed by atoms with Gasteiger partial charge in [0.25, 0.3) is 0 Å². The van der Waals surface area contributed by atoms with Crippen molar-refractivity contribution in [3.63, 3.8) is 0 Å². The fourth-order valence-electron chi connectivity index (χ4n) is 2.73. The number of nitrogens with zero attached hydrogens (tertiary/aromatic N) is 3. The Bertz CT molecular complexity index is 951. The molecule has 0 radical (unpaired) electrons. The van der Waals surface area contributed by atoms with E-state index in [0.717, 1.165) is 5.06 Å². The van der Waals surface area contributed by atoms with Crippen molar-refractivity contribution in [1.29, 1.82) is 0 Å². The van der Waals surface area contributed by atoms with Gasteiger partial charge in [0.15, 0.2) is 0 Å². The average molecular weight is 380 g/mol. The van der Waals surface area contributed by atoms with Gasteiger partial charge in [-0.2, -0.15) is 0 Å². The zero-order valence-electron chi connectivity index (χ0n) is 13.2. The molecule has 2 N–H and O–H groups in total. The van der Waals surface area contributed by atoms with E-state index in [4.69, 9.17) is 11.6 Å². The Morgan fingerprint density at radius 1 is 1.36 bits per heavy atom. The fraction of sp³-hybridized carbons (Fsp3) is 0.176. The zero-order chi connectivity index (χ0) is 18.0. The molecule has 0 fully saturated rings. The summed E-state index contributed by atoms with van der Waals surface area (Å²) in [5.74, 6) is -0.471. The molecule has 0 bridgehead atoms. The van der Waals surface area contributed by atoms with Crippen LogP contribution in [-0.4, -0.2) is 39.4 Å². The van der Waals surface area contributed by atoms with Crippen molar-refractivity contribution in [3.8, 4) is 0 Å². The van der Waals surface area contributed by atoms with Crippen molar-refractivity contribution in [3.05, 3.63) is 69.4 Å². The van der Waals surface area contributed by atoms with Gasteiger partial charge in [-0.25, -0.2) is 4.39 Å². The van der Waals surface area contributed by atoms with Crippen molar-refractivity contribution in [2.75, 3.05) is 12.8 Å². The number of thioether (sulfide) groups is 1. The highest BCUT2D eigenvalue weighted by Crippen LogP contribution is 2.21. The highest BCUT2D eigenvalue weighted by atomic mass is 35.5. The van der Waals surface area contributed by atoms with Crippen LogP contribution < -0.4 is 10.6 Å². The maximum absolute atomic E-state index is 14.4. The molecule has 2 aromatic carbocycles. The van der Waals surface area contributed by atoms with Crippen LogP contribution in [0.2, 0.25) is 5.02 Å². The Labute approximate surface area is 152 Å². The molecule has 0 aromatic heterocycles. The molecule has 25 heavy (non-hydrogen) atoms. The van der Waals surface area contributed by atoms with Crippen LogP contribution >= 0.6 is 23.4 Å². The monoisotopic (exact) mass is 379 g/mol. The molecule has 0 amide bonds. The third-order valence-electron chi connectivity index (χ3n) is 3.83.